The van der Waals surface area contributed by atoms with Gasteiger partial charge in [0, 0.05) is 40.1 Å². The van der Waals surface area contributed by atoms with E-state index in [-0.39, 0.29) is 30.9 Å². The number of nitriles is 1. The van der Waals surface area contributed by atoms with Crippen molar-refractivity contribution in [1.82, 2.24) is 14.8 Å². The molecule has 9 heteroatoms. The van der Waals surface area contributed by atoms with Crippen LogP contribution >= 0.6 is 0 Å². The van der Waals surface area contributed by atoms with E-state index >= 15 is 0 Å². The average molecular weight is 477 g/mol. The van der Waals surface area contributed by atoms with Gasteiger partial charge in [0.25, 0.3) is 0 Å². The number of rotatable bonds is 6. The lowest BCUT2D eigenvalue weighted by Crippen LogP contribution is -2.49. The number of benzene rings is 2. The van der Waals surface area contributed by atoms with Crippen molar-refractivity contribution >= 4 is 27.8 Å². The summed E-state index contributed by atoms with van der Waals surface area (Å²) in [5.41, 5.74) is 1.54. The number of methoxy groups -OCH3 is 1. The van der Waals surface area contributed by atoms with Gasteiger partial charge in [0.15, 0.2) is 17.2 Å². The maximum atomic E-state index is 14.3. The van der Waals surface area contributed by atoms with Crippen molar-refractivity contribution in [3.63, 3.8) is 0 Å². The number of fused-ring (bicyclic) bond motifs is 2. The third-order valence-electron chi connectivity index (χ3n) is 7.10. The van der Waals surface area contributed by atoms with Crippen molar-refractivity contribution in [2.75, 3.05) is 7.11 Å². The van der Waals surface area contributed by atoms with Crippen molar-refractivity contribution in [1.29, 1.82) is 5.26 Å². The molecule has 0 saturated heterocycles. The Kier molecular flexibility index (Phi) is 5.11. The first kappa shape index (κ1) is 22.9. The molecule has 8 nitrogen and oxygen atoms in total. The topological polar surface area (TPSA) is 124 Å². The van der Waals surface area contributed by atoms with Crippen LogP contribution in [0.25, 0.3) is 27.5 Å². The Balaban J connectivity index is 1.87. The fraction of sp³-hybridized carbons (Fsp3) is 0.346. The van der Waals surface area contributed by atoms with E-state index in [1.165, 1.54) is 13.2 Å². The van der Waals surface area contributed by atoms with Crippen LogP contribution in [0.5, 0.6) is 5.75 Å². The number of nitrogens with one attached hydrogen (secondary N) is 1. The van der Waals surface area contributed by atoms with E-state index in [0.717, 1.165) is 33.1 Å². The van der Waals surface area contributed by atoms with Gasteiger partial charge in [0.1, 0.15) is 0 Å². The molecule has 0 aliphatic heterocycles. The van der Waals surface area contributed by atoms with Crippen molar-refractivity contribution in [2.45, 2.75) is 50.0 Å². The van der Waals surface area contributed by atoms with Crippen molar-refractivity contribution in [3.05, 3.63) is 53.6 Å². The van der Waals surface area contributed by atoms with Gasteiger partial charge >= 0.3 is 5.97 Å². The number of nitrogens with zero attached hydrogens (tertiary/aromatic N) is 3. The Bertz CT molecular complexity index is 1520. The number of carboxylic acid groups (broad SMARTS) is 1. The lowest BCUT2D eigenvalue weighted by molar-refractivity contribution is -0.169. The van der Waals surface area contributed by atoms with E-state index in [1.807, 2.05) is 30.5 Å². The normalized spacial score (nSPS) is 20.1. The molecule has 3 N–H and O–H groups in total. The summed E-state index contributed by atoms with van der Waals surface area (Å²) < 4.78 is 21.5. The number of carbonyl (C=O) groups is 1. The zero-order valence-corrected chi connectivity index (χ0v) is 19.6. The number of aromatic amines is 1. The standard InChI is InChI=1S/C26H25FN4O4/c1-25(2,6-7-28)23-22(15-11-26(34,12-15)24(32)33)17-10-19-14(13-29-30-19)8-20(17)31(23)16-4-5-18(27)21(9-16)35-3/h4-5,8-10,13,15,34H,6,11-12H2,1-3H3,(H,29,30)(H,32,33). The summed E-state index contributed by atoms with van der Waals surface area (Å²) in [6.45, 7) is 3.92. The van der Waals surface area contributed by atoms with Gasteiger partial charge in [0.05, 0.1) is 30.4 Å². The molecule has 0 unspecified atom stereocenters. The van der Waals surface area contributed by atoms with E-state index in [0.29, 0.717) is 5.69 Å². The van der Waals surface area contributed by atoms with Crippen LogP contribution < -0.4 is 4.74 Å². The number of hydrogen-bond acceptors (Lipinski definition) is 5. The minimum absolute atomic E-state index is 0.0603. The lowest BCUT2D eigenvalue weighted by atomic mass is 9.65. The third-order valence-corrected chi connectivity index (χ3v) is 7.10. The molecular weight excluding hydrogens is 451 g/mol. The molecule has 180 valence electrons. The average Bonchev–Trinajstić information content (AvgIpc) is 3.37. The molecule has 0 spiro atoms. The molecule has 5 rings (SSSR count). The van der Waals surface area contributed by atoms with Crippen LogP contribution in [0, 0.1) is 17.1 Å². The van der Waals surface area contributed by atoms with Crippen LogP contribution in [-0.4, -0.2) is 43.7 Å². The highest BCUT2D eigenvalue weighted by molar-refractivity contribution is 5.99. The number of aromatic nitrogens is 3. The van der Waals surface area contributed by atoms with Gasteiger partial charge in [-0.2, -0.15) is 10.4 Å². The predicted octanol–water partition coefficient (Wildman–Crippen LogP) is 4.54. The van der Waals surface area contributed by atoms with Gasteiger partial charge < -0.3 is 19.5 Å². The minimum Gasteiger partial charge on any atom is -0.494 e. The van der Waals surface area contributed by atoms with Crippen LogP contribution in [0.15, 0.2) is 36.5 Å². The van der Waals surface area contributed by atoms with Crippen LogP contribution in [0.3, 0.4) is 0 Å². The molecule has 0 atom stereocenters. The SMILES string of the molecule is COc1cc(-n2c(C(C)(C)CC#N)c(C3CC(O)(C(=O)O)C3)c3cc4[nH]ncc4cc32)ccc1F. The second-order valence-electron chi connectivity index (χ2n) is 9.90. The molecule has 0 bridgehead atoms. The van der Waals surface area contributed by atoms with Crippen molar-refractivity contribution in [3.8, 4) is 17.5 Å². The van der Waals surface area contributed by atoms with Gasteiger partial charge in [-0.25, -0.2) is 9.18 Å². The molecule has 35 heavy (non-hydrogen) atoms. The summed E-state index contributed by atoms with van der Waals surface area (Å²) in [5.74, 6) is -1.89. The molecule has 1 saturated carbocycles. The van der Waals surface area contributed by atoms with Gasteiger partial charge in [-0.3, -0.25) is 5.10 Å². The Morgan fingerprint density at radius 1 is 1.37 bits per heavy atom. The second-order valence-corrected chi connectivity index (χ2v) is 9.90. The van der Waals surface area contributed by atoms with Crippen LogP contribution in [0.2, 0.25) is 0 Å². The lowest BCUT2D eigenvalue weighted by Gasteiger charge is -2.42. The van der Waals surface area contributed by atoms with E-state index in [1.54, 1.807) is 18.3 Å². The van der Waals surface area contributed by atoms with Crippen LogP contribution in [0.1, 0.15) is 50.3 Å². The van der Waals surface area contributed by atoms with E-state index in [2.05, 4.69) is 16.3 Å². The summed E-state index contributed by atoms with van der Waals surface area (Å²) in [7, 11) is 1.40. The highest BCUT2D eigenvalue weighted by Gasteiger charge is 2.51. The molecule has 0 amide bonds. The number of aliphatic hydroxyl groups is 1. The molecule has 4 aromatic rings. The molecule has 1 aliphatic rings. The third kappa shape index (κ3) is 3.44. The first-order valence-corrected chi connectivity index (χ1v) is 11.3. The summed E-state index contributed by atoms with van der Waals surface area (Å²) in [4.78, 5) is 11.6. The second kappa shape index (κ2) is 7.82. The maximum absolute atomic E-state index is 14.3. The van der Waals surface area contributed by atoms with E-state index in [4.69, 9.17) is 4.74 Å². The monoisotopic (exact) mass is 476 g/mol. The Hall–Kier alpha value is -3.90. The van der Waals surface area contributed by atoms with Crippen molar-refractivity contribution < 1.29 is 24.1 Å². The zero-order valence-electron chi connectivity index (χ0n) is 19.6. The molecular formula is C26H25FN4O4. The predicted molar refractivity (Wildman–Crippen MR) is 127 cm³/mol. The fourth-order valence-corrected chi connectivity index (χ4v) is 5.30. The van der Waals surface area contributed by atoms with Crippen molar-refractivity contribution in [2.24, 2.45) is 0 Å². The summed E-state index contributed by atoms with van der Waals surface area (Å²) in [6.07, 6.45) is 2.03. The van der Waals surface area contributed by atoms with Crippen LogP contribution in [0.4, 0.5) is 4.39 Å². The molecule has 1 aliphatic carbocycles. The Morgan fingerprint density at radius 2 is 2.11 bits per heavy atom. The summed E-state index contributed by atoms with van der Waals surface area (Å²) in [5, 5.41) is 38.5. The fourth-order valence-electron chi connectivity index (χ4n) is 5.30. The number of aliphatic carboxylic acids is 1. The molecule has 2 aromatic carbocycles. The first-order valence-electron chi connectivity index (χ1n) is 11.3. The summed E-state index contributed by atoms with van der Waals surface area (Å²) in [6, 6.07) is 10.8. The number of halogens is 1. The Morgan fingerprint density at radius 3 is 2.77 bits per heavy atom. The van der Waals surface area contributed by atoms with Crippen LogP contribution in [-0.2, 0) is 10.2 Å². The summed E-state index contributed by atoms with van der Waals surface area (Å²) >= 11 is 0. The van der Waals surface area contributed by atoms with Gasteiger partial charge in [-0.1, -0.05) is 13.8 Å². The first-order chi connectivity index (χ1) is 16.6. The van der Waals surface area contributed by atoms with Gasteiger partial charge in [0.2, 0.25) is 0 Å². The maximum Gasteiger partial charge on any atom is 0.335 e. The minimum atomic E-state index is -1.78. The quantitative estimate of drug-likeness (QED) is 0.375. The highest BCUT2D eigenvalue weighted by atomic mass is 19.1. The number of ether oxygens (including phenoxy) is 1. The zero-order chi connectivity index (χ0) is 25.1. The number of hydrogen-bond donors (Lipinski definition) is 3. The molecule has 0 radical (unpaired) electrons. The van der Waals surface area contributed by atoms with Gasteiger partial charge in [-0.05, 0) is 48.6 Å². The molecule has 1 fully saturated rings. The highest BCUT2D eigenvalue weighted by Crippen LogP contribution is 2.52. The Labute approximate surface area is 200 Å². The number of carboxylic acids is 1. The molecule has 2 aromatic heterocycles. The van der Waals surface area contributed by atoms with Gasteiger partial charge in [-0.15, -0.1) is 0 Å². The van der Waals surface area contributed by atoms with E-state index < -0.39 is 22.8 Å². The molecule has 2 heterocycles. The smallest absolute Gasteiger partial charge is 0.335 e. The number of H-pyrrole nitrogens is 1. The van der Waals surface area contributed by atoms with E-state index in [9.17, 15) is 24.7 Å². The largest absolute Gasteiger partial charge is 0.494 e.